The van der Waals surface area contributed by atoms with Crippen molar-refractivity contribution in [3.63, 3.8) is 0 Å². The Bertz CT molecular complexity index is 443. The summed E-state index contributed by atoms with van der Waals surface area (Å²) in [4.78, 5) is 14.3. The summed E-state index contributed by atoms with van der Waals surface area (Å²) in [6.07, 6.45) is 2.61. The molecule has 0 heterocycles. The number of anilines is 1. The molecule has 19 heavy (non-hydrogen) atoms. The van der Waals surface area contributed by atoms with Crippen LogP contribution in [0.3, 0.4) is 0 Å². The maximum Gasteiger partial charge on any atom is 0.241 e. The standard InChI is InChI=1S/C15H23N3O/c1-11(18(2)10-12-6-7-12)15(19)17-14-5-3-4-13(8-14)9-16/h3-5,8,11-12H,6-7,9-10,16H2,1-2H3,(H,17,19). The molecule has 2 rings (SSSR count). The van der Waals surface area contributed by atoms with Gasteiger partial charge in [-0.15, -0.1) is 0 Å². The second-order valence-corrected chi connectivity index (χ2v) is 5.45. The Hall–Kier alpha value is -1.39. The summed E-state index contributed by atoms with van der Waals surface area (Å²) in [5, 5.41) is 2.95. The van der Waals surface area contributed by atoms with E-state index in [9.17, 15) is 4.79 Å². The third kappa shape index (κ3) is 4.04. The van der Waals surface area contributed by atoms with Gasteiger partial charge in [0.25, 0.3) is 0 Å². The number of nitrogens with zero attached hydrogens (tertiary/aromatic N) is 1. The number of carbonyl (C=O) groups excluding carboxylic acids is 1. The molecule has 1 atom stereocenters. The molecule has 0 bridgehead atoms. The quantitative estimate of drug-likeness (QED) is 0.821. The molecule has 1 saturated carbocycles. The van der Waals surface area contributed by atoms with Gasteiger partial charge in [0, 0.05) is 18.8 Å². The van der Waals surface area contributed by atoms with E-state index in [0.717, 1.165) is 23.7 Å². The number of amides is 1. The largest absolute Gasteiger partial charge is 0.326 e. The van der Waals surface area contributed by atoms with Gasteiger partial charge in [0.15, 0.2) is 0 Å². The SMILES string of the molecule is CC(C(=O)Nc1cccc(CN)c1)N(C)CC1CC1. The summed E-state index contributed by atoms with van der Waals surface area (Å²) in [5.74, 6) is 0.832. The molecule has 104 valence electrons. The van der Waals surface area contributed by atoms with Crippen molar-refractivity contribution in [3.05, 3.63) is 29.8 Å². The van der Waals surface area contributed by atoms with Crippen LogP contribution >= 0.6 is 0 Å². The van der Waals surface area contributed by atoms with E-state index in [1.807, 2.05) is 38.2 Å². The maximum absolute atomic E-state index is 12.2. The van der Waals surface area contributed by atoms with Crippen LogP contribution in [0.1, 0.15) is 25.3 Å². The summed E-state index contributed by atoms with van der Waals surface area (Å²) < 4.78 is 0. The Labute approximate surface area is 115 Å². The predicted octanol–water partition coefficient (Wildman–Crippen LogP) is 1.81. The number of rotatable bonds is 6. The molecule has 3 N–H and O–H groups in total. The van der Waals surface area contributed by atoms with Crippen molar-refractivity contribution < 1.29 is 4.79 Å². The summed E-state index contributed by atoms with van der Waals surface area (Å²) in [5.41, 5.74) is 7.44. The zero-order valence-electron chi connectivity index (χ0n) is 11.7. The minimum atomic E-state index is -0.109. The Morgan fingerprint density at radius 3 is 2.89 bits per heavy atom. The highest BCUT2D eigenvalue weighted by atomic mass is 16.2. The van der Waals surface area contributed by atoms with Gasteiger partial charge in [-0.25, -0.2) is 0 Å². The van der Waals surface area contributed by atoms with Crippen molar-refractivity contribution in [2.45, 2.75) is 32.4 Å². The first kappa shape index (κ1) is 14.0. The van der Waals surface area contributed by atoms with Gasteiger partial charge in [-0.3, -0.25) is 9.69 Å². The van der Waals surface area contributed by atoms with Crippen molar-refractivity contribution in [2.75, 3.05) is 18.9 Å². The van der Waals surface area contributed by atoms with Crippen LogP contribution in [0.5, 0.6) is 0 Å². The molecule has 1 aliphatic carbocycles. The fourth-order valence-electron chi connectivity index (χ4n) is 2.09. The summed E-state index contributed by atoms with van der Waals surface area (Å²) >= 11 is 0. The van der Waals surface area contributed by atoms with Crippen molar-refractivity contribution in [3.8, 4) is 0 Å². The number of carbonyl (C=O) groups is 1. The van der Waals surface area contributed by atoms with E-state index in [4.69, 9.17) is 5.73 Å². The zero-order valence-corrected chi connectivity index (χ0v) is 11.7. The molecular formula is C15H23N3O. The fourth-order valence-corrected chi connectivity index (χ4v) is 2.09. The second-order valence-electron chi connectivity index (χ2n) is 5.45. The van der Waals surface area contributed by atoms with Gasteiger partial charge in [-0.1, -0.05) is 12.1 Å². The molecule has 1 amide bonds. The highest BCUT2D eigenvalue weighted by Crippen LogP contribution is 2.29. The normalized spacial score (nSPS) is 16.4. The molecule has 1 fully saturated rings. The lowest BCUT2D eigenvalue weighted by molar-refractivity contribution is -0.120. The van der Waals surface area contributed by atoms with Gasteiger partial charge in [-0.2, -0.15) is 0 Å². The van der Waals surface area contributed by atoms with Crippen LogP contribution in [0.15, 0.2) is 24.3 Å². The van der Waals surface area contributed by atoms with Gasteiger partial charge in [0.05, 0.1) is 6.04 Å². The molecule has 0 radical (unpaired) electrons. The van der Waals surface area contributed by atoms with Crippen molar-refractivity contribution in [2.24, 2.45) is 11.7 Å². The molecule has 4 heteroatoms. The Morgan fingerprint density at radius 2 is 2.26 bits per heavy atom. The molecule has 1 unspecified atom stereocenters. The molecule has 0 aromatic heterocycles. The zero-order chi connectivity index (χ0) is 13.8. The van der Waals surface area contributed by atoms with E-state index in [0.29, 0.717) is 6.54 Å². The van der Waals surface area contributed by atoms with E-state index < -0.39 is 0 Å². The highest BCUT2D eigenvalue weighted by Gasteiger charge is 2.27. The van der Waals surface area contributed by atoms with Gasteiger partial charge in [-0.05, 0) is 50.4 Å². The van der Waals surface area contributed by atoms with Gasteiger partial charge in [0.1, 0.15) is 0 Å². The van der Waals surface area contributed by atoms with E-state index in [-0.39, 0.29) is 11.9 Å². The summed E-state index contributed by atoms with van der Waals surface area (Å²) in [7, 11) is 2.01. The third-order valence-electron chi connectivity index (χ3n) is 3.71. The smallest absolute Gasteiger partial charge is 0.241 e. The second kappa shape index (κ2) is 6.17. The average Bonchev–Trinajstić information content (AvgIpc) is 3.21. The first-order valence-electron chi connectivity index (χ1n) is 6.90. The molecule has 0 saturated heterocycles. The maximum atomic E-state index is 12.2. The van der Waals surface area contributed by atoms with Gasteiger partial charge >= 0.3 is 0 Å². The Morgan fingerprint density at radius 1 is 1.53 bits per heavy atom. The number of nitrogens with one attached hydrogen (secondary N) is 1. The van der Waals surface area contributed by atoms with Crippen LogP contribution in [-0.2, 0) is 11.3 Å². The summed E-state index contributed by atoms with van der Waals surface area (Å²) in [6, 6.07) is 7.58. The van der Waals surface area contributed by atoms with E-state index in [2.05, 4.69) is 10.2 Å². The van der Waals surface area contributed by atoms with E-state index in [1.165, 1.54) is 12.8 Å². The predicted molar refractivity (Wildman–Crippen MR) is 77.8 cm³/mol. The Kier molecular flexibility index (Phi) is 4.56. The topological polar surface area (TPSA) is 58.4 Å². The average molecular weight is 261 g/mol. The molecule has 1 aliphatic rings. The number of likely N-dealkylation sites (N-methyl/N-ethyl adjacent to an activating group) is 1. The molecule has 4 nitrogen and oxygen atoms in total. The van der Waals surface area contributed by atoms with Gasteiger partial charge in [0.2, 0.25) is 5.91 Å². The van der Waals surface area contributed by atoms with Crippen LogP contribution in [0, 0.1) is 5.92 Å². The van der Waals surface area contributed by atoms with Crippen molar-refractivity contribution >= 4 is 11.6 Å². The number of hydrogen-bond acceptors (Lipinski definition) is 3. The summed E-state index contributed by atoms with van der Waals surface area (Å²) in [6.45, 7) is 3.45. The van der Waals surface area contributed by atoms with Gasteiger partial charge < -0.3 is 11.1 Å². The highest BCUT2D eigenvalue weighted by molar-refractivity contribution is 5.94. The molecule has 0 spiro atoms. The van der Waals surface area contributed by atoms with E-state index >= 15 is 0 Å². The molecule has 1 aromatic carbocycles. The van der Waals surface area contributed by atoms with Crippen LogP contribution in [0.2, 0.25) is 0 Å². The van der Waals surface area contributed by atoms with Crippen LogP contribution in [-0.4, -0.2) is 30.4 Å². The first-order valence-corrected chi connectivity index (χ1v) is 6.90. The number of benzene rings is 1. The first-order chi connectivity index (χ1) is 9.10. The van der Waals surface area contributed by atoms with Crippen LogP contribution in [0.25, 0.3) is 0 Å². The lowest BCUT2D eigenvalue weighted by atomic mass is 10.2. The molecule has 0 aliphatic heterocycles. The lowest BCUT2D eigenvalue weighted by Gasteiger charge is -2.23. The molecular weight excluding hydrogens is 238 g/mol. The van der Waals surface area contributed by atoms with Crippen LogP contribution in [0.4, 0.5) is 5.69 Å². The minimum Gasteiger partial charge on any atom is -0.326 e. The monoisotopic (exact) mass is 261 g/mol. The number of hydrogen-bond donors (Lipinski definition) is 2. The Balaban J connectivity index is 1.91. The van der Waals surface area contributed by atoms with E-state index in [1.54, 1.807) is 0 Å². The van der Waals surface area contributed by atoms with Crippen molar-refractivity contribution in [1.29, 1.82) is 0 Å². The lowest BCUT2D eigenvalue weighted by Crippen LogP contribution is -2.40. The molecule has 1 aromatic rings. The van der Waals surface area contributed by atoms with Crippen molar-refractivity contribution in [1.82, 2.24) is 4.90 Å². The fraction of sp³-hybridized carbons (Fsp3) is 0.533. The number of nitrogens with two attached hydrogens (primary N) is 1. The minimum absolute atomic E-state index is 0.0392. The van der Waals surface area contributed by atoms with Crippen LogP contribution < -0.4 is 11.1 Å². The third-order valence-corrected chi connectivity index (χ3v) is 3.71.